The van der Waals surface area contributed by atoms with Crippen molar-refractivity contribution in [2.75, 3.05) is 25.3 Å². The number of nitrogens with two attached hydrogens (primary N) is 1. The highest BCUT2D eigenvalue weighted by Crippen LogP contribution is 2.42. The highest BCUT2D eigenvalue weighted by molar-refractivity contribution is 7.59. The molecule has 0 fully saturated rings. The van der Waals surface area contributed by atoms with Crippen LogP contribution in [0.5, 0.6) is 0 Å². The molecule has 0 aliphatic heterocycles. The summed E-state index contributed by atoms with van der Waals surface area (Å²) in [6.07, 6.45) is 9.88. The van der Waals surface area contributed by atoms with Crippen molar-refractivity contribution >= 4 is 36.4 Å². The summed E-state index contributed by atoms with van der Waals surface area (Å²) >= 11 is 0. The van der Waals surface area contributed by atoms with E-state index in [1.165, 1.54) is 6.33 Å². The zero-order chi connectivity index (χ0) is 34.1. The standard InChI is InChI=1S/C29H52N7O6P.C2H6/c1-8-10-12-14-16-40-26(37)28(4,5)34-43(39,35-29(6,7)27(38)41-17-15-13-11-9-2)21-42-22(3)18-36-20-33-23-24(30)31-19-32-25(23)36;1-2/h19-20,22H,8-18,21H2,1-7H3,(H2,30,31,32)(H2,34,35,39);1-2H3. The molecule has 13 nitrogen and oxygen atoms in total. The fourth-order valence-electron chi connectivity index (χ4n) is 4.43. The van der Waals surface area contributed by atoms with Crippen LogP contribution in [-0.4, -0.2) is 68.2 Å². The average Bonchev–Trinajstić information content (AvgIpc) is 3.40. The lowest BCUT2D eigenvalue weighted by atomic mass is 10.1. The molecule has 2 aromatic rings. The Hall–Kier alpha value is -2.60. The van der Waals surface area contributed by atoms with E-state index in [4.69, 9.17) is 19.9 Å². The van der Waals surface area contributed by atoms with Gasteiger partial charge in [-0.05, 0) is 47.5 Å². The number of hydrogen-bond acceptors (Lipinski definition) is 10. The van der Waals surface area contributed by atoms with Crippen LogP contribution in [0.4, 0.5) is 5.82 Å². The molecular formula is C31H58N7O6P. The van der Waals surface area contributed by atoms with Gasteiger partial charge in [-0.1, -0.05) is 66.2 Å². The molecule has 2 heterocycles. The number of carbonyl (C=O) groups excluding carboxylic acids is 2. The van der Waals surface area contributed by atoms with E-state index in [9.17, 15) is 14.2 Å². The maximum Gasteiger partial charge on any atom is 0.326 e. The third kappa shape index (κ3) is 13.7. The number of hydrogen-bond donors (Lipinski definition) is 3. The predicted molar refractivity (Wildman–Crippen MR) is 179 cm³/mol. The highest BCUT2D eigenvalue weighted by atomic mass is 31.2. The number of rotatable bonds is 21. The molecule has 0 spiro atoms. The van der Waals surface area contributed by atoms with Gasteiger partial charge in [-0.15, -0.1) is 0 Å². The summed E-state index contributed by atoms with van der Waals surface area (Å²) in [5, 5.41) is 5.90. The summed E-state index contributed by atoms with van der Waals surface area (Å²) in [4.78, 5) is 38.5. The van der Waals surface area contributed by atoms with Crippen molar-refractivity contribution in [2.24, 2.45) is 0 Å². The Balaban J connectivity index is 0.00000496. The number of carbonyl (C=O) groups is 2. The number of esters is 2. The predicted octanol–water partition coefficient (Wildman–Crippen LogP) is 5.97. The molecule has 0 radical (unpaired) electrons. The average molecular weight is 656 g/mol. The molecule has 1 atom stereocenters. The lowest BCUT2D eigenvalue weighted by Crippen LogP contribution is -2.54. The van der Waals surface area contributed by atoms with Gasteiger partial charge in [0.15, 0.2) is 11.5 Å². The van der Waals surface area contributed by atoms with E-state index >= 15 is 0 Å². The van der Waals surface area contributed by atoms with Crippen LogP contribution in [0.3, 0.4) is 0 Å². The summed E-state index contributed by atoms with van der Waals surface area (Å²) in [6.45, 7) is 17.3. The number of anilines is 1. The molecule has 0 aliphatic carbocycles. The van der Waals surface area contributed by atoms with Crippen LogP contribution in [0.15, 0.2) is 12.7 Å². The first-order valence-electron chi connectivity index (χ1n) is 16.3. The monoisotopic (exact) mass is 655 g/mol. The number of nitrogen functional groups attached to an aromatic ring is 1. The van der Waals surface area contributed by atoms with Gasteiger partial charge in [0.2, 0.25) is 7.44 Å². The second-order valence-corrected chi connectivity index (χ2v) is 14.2. The smallest absolute Gasteiger partial charge is 0.326 e. The van der Waals surface area contributed by atoms with Crippen LogP contribution >= 0.6 is 7.44 Å². The summed E-state index contributed by atoms with van der Waals surface area (Å²) < 4.78 is 33.2. The number of nitrogens with zero attached hydrogens (tertiary/aromatic N) is 4. The van der Waals surface area contributed by atoms with Crippen LogP contribution < -0.4 is 15.9 Å². The van der Waals surface area contributed by atoms with Crippen molar-refractivity contribution in [2.45, 2.75) is 137 Å². The normalized spacial score (nSPS) is 12.8. The van der Waals surface area contributed by atoms with Gasteiger partial charge in [0.05, 0.1) is 32.2 Å². The first-order chi connectivity index (χ1) is 21.2. The van der Waals surface area contributed by atoms with Crippen molar-refractivity contribution in [3.05, 3.63) is 12.7 Å². The molecule has 4 N–H and O–H groups in total. The molecule has 0 aliphatic rings. The van der Waals surface area contributed by atoms with E-state index in [0.717, 1.165) is 51.4 Å². The molecular weight excluding hydrogens is 597 g/mol. The van der Waals surface area contributed by atoms with Gasteiger partial charge in [0, 0.05) is 0 Å². The van der Waals surface area contributed by atoms with Crippen molar-refractivity contribution in [1.82, 2.24) is 29.7 Å². The molecule has 1 unspecified atom stereocenters. The van der Waals surface area contributed by atoms with Gasteiger partial charge >= 0.3 is 11.9 Å². The van der Waals surface area contributed by atoms with Gasteiger partial charge in [-0.3, -0.25) is 14.2 Å². The molecule has 0 aromatic carbocycles. The molecule has 0 saturated heterocycles. The van der Waals surface area contributed by atoms with Gasteiger partial charge < -0.3 is 24.5 Å². The number of ether oxygens (including phenoxy) is 3. The van der Waals surface area contributed by atoms with E-state index in [1.54, 1.807) is 38.6 Å². The molecule has 2 aromatic heterocycles. The van der Waals surface area contributed by atoms with Gasteiger partial charge in [-0.2, -0.15) is 0 Å². The van der Waals surface area contributed by atoms with Crippen molar-refractivity contribution < 1.29 is 28.4 Å². The number of nitrogens with one attached hydrogen (secondary N) is 2. The lowest BCUT2D eigenvalue weighted by molar-refractivity contribution is -0.149. The number of imidazole rings is 1. The van der Waals surface area contributed by atoms with Crippen LogP contribution in [0.1, 0.15) is 114 Å². The lowest BCUT2D eigenvalue weighted by Gasteiger charge is -2.35. The second kappa shape index (κ2) is 19.8. The van der Waals surface area contributed by atoms with E-state index in [-0.39, 0.29) is 25.4 Å². The first-order valence-corrected chi connectivity index (χ1v) is 18.2. The molecule has 258 valence electrons. The Kier molecular flexibility index (Phi) is 17.8. The molecule has 0 amide bonds. The van der Waals surface area contributed by atoms with Gasteiger partial charge in [-0.25, -0.2) is 25.1 Å². The van der Waals surface area contributed by atoms with Crippen LogP contribution in [0, 0.1) is 0 Å². The Labute approximate surface area is 269 Å². The number of unbranched alkanes of at least 4 members (excludes halogenated alkanes) is 6. The molecule has 2 rings (SSSR count). The van der Waals surface area contributed by atoms with Gasteiger partial charge in [0.1, 0.15) is 29.3 Å². The topological polar surface area (TPSA) is 173 Å². The minimum atomic E-state index is -3.76. The van der Waals surface area contributed by atoms with Crippen molar-refractivity contribution in [3.8, 4) is 0 Å². The summed E-state index contributed by atoms with van der Waals surface area (Å²) in [6, 6.07) is 0. The maximum absolute atomic E-state index is 14.4. The van der Waals surface area contributed by atoms with Crippen molar-refractivity contribution in [3.63, 3.8) is 0 Å². The third-order valence-electron chi connectivity index (χ3n) is 6.83. The van der Waals surface area contributed by atoms with E-state index in [2.05, 4.69) is 39.0 Å². The fraction of sp³-hybridized carbons (Fsp3) is 0.774. The molecule has 14 heteroatoms. The summed E-state index contributed by atoms with van der Waals surface area (Å²) in [5.41, 5.74) is 4.25. The summed E-state index contributed by atoms with van der Waals surface area (Å²) in [5.74, 6) is -0.816. The summed E-state index contributed by atoms with van der Waals surface area (Å²) in [7, 11) is -3.76. The second-order valence-electron chi connectivity index (χ2n) is 12.0. The SMILES string of the molecule is CC.CCCCCCOC(=O)C(C)(C)NP(=O)(COC(C)Cn1cnc2c(N)ncnc21)NC(C)(C)C(=O)OCCCCCC. The zero-order valence-electron chi connectivity index (χ0n) is 29.0. The van der Waals surface area contributed by atoms with Crippen LogP contribution in [-0.2, 0) is 34.9 Å². The molecule has 45 heavy (non-hydrogen) atoms. The zero-order valence-corrected chi connectivity index (χ0v) is 29.9. The minimum Gasteiger partial charge on any atom is -0.464 e. The first kappa shape index (κ1) is 40.4. The fourth-order valence-corrected chi connectivity index (χ4v) is 7.07. The highest BCUT2D eigenvalue weighted by Gasteiger charge is 2.43. The Morgan fingerprint density at radius 1 is 0.889 bits per heavy atom. The van der Waals surface area contributed by atoms with Gasteiger partial charge in [0.25, 0.3) is 0 Å². The Morgan fingerprint density at radius 3 is 1.89 bits per heavy atom. The van der Waals surface area contributed by atoms with Crippen LogP contribution in [0.25, 0.3) is 11.2 Å². The maximum atomic E-state index is 14.4. The third-order valence-corrected chi connectivity index (χ3v) is 9.18. The quantitative estimate of drug-likeness (QED) is 0.0818. The Morgan fingerprint density at radius 2 is 1.40 bits per heavy atom. The minimum absolute atomic E-state index is 0.272. The van der Waals surface area contributed by atoms with E-state index < -0.39 is 36.6 Å². The van der Waals surface area contributed by atoms with Crippen LogP contribution in [0.2, 0.25) is 0 Å². The Bertz CT molecular complexity index is 1180. The number of fused-ring (bicyclic) bond motifs is 1. The molecule has 0 bridgehead atoms. The molecule has 0 saturated carbocycles. The number of aromatic nitrogens is 4. The van der Waals surface area contributed by atoms with E-state index in [0.29, 0.717) is 17.7 Å². The largest absolute Gasteiger partial charge is 0.464 e. The van der Waals surface area contributed by atoms with E-state index in [1.807, 2.05) is 20.8 Å². The van der Waals surface area contributed by atoms with Crippen molar-refractivity contribution in [1.29, 1.82) is 0 Å².